The lowest BCUT2D eigenvalue weighted by molar-refractivity contribution is -0.140. The first-order chi connectivity index (χ1) is 22.4. The molecule has 0 N–H and O–H groups in total. The Morgan fingerprint density at radius 3 is 2.24 bits per heavy atom. The van der Waals surface area contributed by atoms with Gasteiger partial charge in [-0.3, -0.25) is 14.5 Å². The number of halogens is 1. The highest BCUT2D eigenvalue weighted by atomic mass is 35.5. The second-order valence-corrected chi connectivity index (χ2v) is 11.2. The third kappa shape index (κ3) is 6.39. The molecule has 8 heteroatoms. The molecule has 0 saturated heterocycles. The van der Waals surface area contributed by atoms with Crippen molar-refractivity contribution in [3.05, 3.63) is 154 Å². The van der Waals surface area contributed by atoms with Crippen LogP contribution in [0.2, 0.25) is 5.02 Å². The van der Waals surface area contributed by atoms with Crippen LogP contribution in [0, 0.1) is 11.3 Å². The standard InChI is InChI=1S/C38H29ClN4O3/c1-26-33(37(44)42(38(45)34(26)23-40)21-20-27-10-4-2-5-11-27)22-30-24-43(31-13-6-3-7-14-31)41-36(30)28-16-18-32(19-17-28)46-25-29-12-8-9-15-35(29)39/h2-19,22,24H,20-21,25H2,1H3/b33-22+. The number of hydrogen-bond acceptors (Lipinski definition) is 5. The molecule has 1 aromatic heterocycles. The predicted octanol–water partition coefficient (Wildman–Crippen LogP) is 7.61. The maximum atomic E-state index is 13.9. The summed E-state index contributed by atoms with van der Waals surface area (Å²) < 4.78 is 7.73. The first-order valence-electron chi connectivity index (χ1n) is 14.8. The van der Waals surface area contributed by atoms with Gasteiger partial charge in [0.25, 0.3) is 11.8 Å². The molecule has 7 nitrogen and oxygen atoms in total. The molecule has 1 aliphatic heterocycles. The summed E-state index contributed by atoms with van der Waals surface area (Å²) in [6.45, 7) is 2.12. The summed E-state index contributed by atoms with van der Waals surface area (Å²) in [6, 6.07) is 36.4. The third-order valence-electron chi connectivity index (χ3n) is 7.84. The second kappa shape index (κ2) is 13.5. The first-order valence-corrected chi connectivity index (χ1v) is 15.2. The number of amides is 2. The van der Waals surface area contributed by atoms with E-state index in [9.17, 15) is 14.9 Å². The van der Waals surface area contributed by atoms with Crippen LogP contribution in [0.1, 0.15) is 23.6 Å². The van der Waals surface area contributed by atoms with E-state index >= 15 is 0 Å². The number of aromatic nitrogens is 2. The van der Waals surface area contributed by atoms with E-state index in [2.05, 4.69) is 0 Å². The maximum absolute atomic E-state index is 13.9. The molecule has 46 heavy (non-hydrogen) atoms. The van der Waals surface area contributed by atoms with Crippen LogP contribution in [-0.4, -0.2) is 33.0 Å². The van der Waals surface area contributed by atoms with Gasteiger partial charge in [0.1, 0.15) is 24.0 Å². The van der Waals surface area contributed by atoms with Gasteiger partial charge in [-0.15, -0.1) is 0 Å². The molecule has 0 bridgehead atoms. The molecular weight excluding hydrogens is 596 g/mol. The van der Waals surface area contributed by atoms with E-state index in [-0.39, 0.29) is 17.7 Å². The number of para-hydroxylation sites is 1. The molecule has 0 aliphatic carbocycles. The van der Waals surface area contributed by atoms with Gasteiger partial charge in [-0.25, -0.2) is 4.68 Å². The van der Waals surface area contributed by atoms with Gasteiger partial charge >= 0.3 is 0 Å². The van der Waals surface area contributed by atoms with Crippen molar-refractivity contribution >= 4 is 29.5 Å². The Kier molecular flexibility index (Phi) is 8.91. The van der Waals surface area contributed by atoms with Crippen LogP contribution < -0.4 is 4.74 Å². The molecule has 6 rings (SSSR count). The second-order valence-electron chi connectivity index (χ2n) is 10.8. The number of nitrogens with zero attached hydrogens (tertiary/aromatic N) is 4. The number of ether oxygens (including phenoxy) is 1. The molecule has 226 valence electrons. The van der Waals surface area contributed by atoms with Crippen molar-refractivity contribution in [1.29, 1.82) is 5.26 Å². The molecule has 4 aromatic carbocycles. The first kappa shape index (κ1) is 30.3. The smallest absolute Gasteiger partial charge is 0.271 e. The highest BCUT2D eigenvalue weighted by Gasteiger charge is 2.35. The van der Waals surface area contributed by atoms with E-state index in [4.69, 9.17) is 21.4 Å². The summed E-state index contributed by atoms with van der Waals surface area (Å²) in [6.07, 6.45) is 4.04. The number of rotatable bonds is 9. The number of carbonyl (C=O) groups excluding carboxylic acids is 2. The fourth-order valence-corrected chi connectivity index (χ4v) is 5.48. The number of hydrogen-bond donors (Lipinski definition) is 0. The van der Waals surface area contributed by atoms with Crippen molar-refractivity contribution in [2.75, 3.05) is 6.54 Å². The van der Waals surface area contributed by atoms with Gasteiger partial charge in [-0.05, 0) is 73.0 Å². The van der Waals surface area contributed by atoms with Crippen LogP contribution >= 0.6 is 11.6 Å². The summed E-state index contributed by atoms with van der Waals surface area (Å²) >= 11 is 6.28. The minimum atomic E-state index is -0.578. The largest absolute Gasteiger partial charge is 0.489 e. The lowest BCUT2D eigenvalue weighted by Gasteiger charge is -2.27. The van der Waals surface area contributed by atoms with Crippen molar-refractivity contribution in [3.63, 3.8) is 0 Å². The number of carbonyl (C=O) groups is 2. The van der Waals surface area contributed by atoms with Crippen LogP contribution in [0.25, 0.3) is 23.0 Å². The molecular formula is C38H29ClN4O3. The Morgan fingerprint density at radius 2 is 1.54 bits per heavy atom. The van der Waals surface area contributed by atoms with Crippen LogP contribution in [0.15, 0.2) is 132 Å². The van der Waals surface area contributed by atoms with Crippen LogP contribution in [0.5, 0.6) is 5.75 Å². The van der Waals surface area contributed by atoms with E-state index in [1.807, 2.05) is 121 Å². The molecule has 5 aromatic rings. The van der Waals surface area contributed by atoms with Crippen LogP contribution in [0.4, 0.5) is 0 Å². The van der Waals surface area contributed by atoms with E-state index in [1.165, 1.54) is 0 Å². The molecule has 0 spiro atoms. The number of nitriles is 1. The van der Waals surface area contributed by atoms with Gasteiger partial charge in [-0.1, -0.05) is 78.3 Å². The monoisotopic (exact) mass is 624 g/mol. The molecule has 0 fully saturated rings. The fraction of sp³-hybridized carbons (Fsp3) is 0.105. The highest BCUT2D eigenvalue weighted by Crippen LogP contribution is 2.32. The van der Waals surface area contributed by atoms with Crippen molar-refractivity contribution in [2.45, 2.75) is 20.0 Å². The Bertz CT molecular complexity index is 2010. The molecule has 2 heterocycles. The Morgan fingerprint density at radius 1 is 0.870 bits per heavy atom. The average Bonchev–Trinajstić information content (AvgIpc) is 3.51. The van der Waals surface area contributed by atoms with Gasteiger partial charge < -0.3 is 4.74 Å². The van der Waals surface area contributed by atoms with E-state index in [0.717, 1.165) is 27.3 Å². The van der Waals surface area contributed by atoms with Gasteiger partial charge in [0.05, 0.1) is 11.4 Å². The van der Waals surface area contributed by atoms with Crippen LogP contribution in [0.3, 0.4) is 0 Å². The summed E-state index contributed by atoms with van der Waals surface area (Å²) in [7, 11) is 0. The van der Waals surface area contributed by atoms with Crippen molar-refractivity contribution in [1.82, 2.24) is 14.7 Å². The van der Waals surface area contributed by atoms with Gasteiger partial charge in [0, 0.05) is 40.0 Å². The lowest BCUT2D eigenvalue weighted by atomic mass is 9.93. The Labute approximate surface area is 272 Å². The van der Waals surface area contributed by atoms with Crippen LogP contribution in [-0.2, 0) is 22.6 Å². The minimum absolute atomic E-state index is 0.0454. The maximum Gasteiger partial charge on any atom is 0.271 e. The summed E-state index contributed by atoms with van der Waals surface area (Å²) in [5.41, 5.74) is 5.37. The topological polar surface area (TPSA) is 88.2 Å². The van der Waals surface area contributed by atoms with Crippen molar-refractivity contribution in [3.8, 4) is 28.8 Å². The predicted molar refractivity (Wildman–Crippen MR) is 178 cm³/mol. The van der Waals surface area contributed by atoms with Crippen molar-refractivity contribution < 1.29 is 14.3 Å². The highest BCUT2D eigenvalue weighted by molar-refractivity contribution is 6.31. The molecule has 0 atom stereocenters. The molecule has 0 radical (unpaired) electrons. The zero-order chi connectivity index (χ0) is 32.0. The zero-order valence-electron chi connectivity index (χ0n) is 25.1. The summed E-state index contributed by atoms with van der Waals surface area (Å²) in [4.78, 5) is 28.2. The molecule has 0 unspecified atom stereocenters. The third-order valence-corrected chi connectivity index (χ3v) is 8.20. The van der Waals surface area contributed by atoms with Gasteiger partial charge in [0.2, 0.25) is 0 Å². The van der Waals surface area contributed by atoms with E-state index in [1.54, 1.807) is 17.7 Å². The van der Waals surface area contributed by atoms with Gasteiger partial charge in [-0.2, -0.15) is 10.4 Å². The number of benzene rings is 4. The fourth-order valence-electron chi connectivity index (χ4n) is 5.29. The molecule has 2 amide bonds. The lowest BCUT2D eigenvalue weighted by Crippen LogP contribution is -2.43. The summed E-state index contributed by atoms with van der Waals surface area (Å²) in [5, 5.41) is 15.5. The van der Waals surface area contributed by atoms with E-state index < -0.39 is 11.8 Å². The van der Waals surface area contributed by atoms with Gasteiger partial charge in [0.15, 0.2) is 0 Å². The zero-order valence-corrected chi connectivity index (χ0v) is 25.8. The normalized spacial score (nSPS) is 14.1. The average molecular weight is 625 g/mol. The van der Waals surface area contributed by atoms with Crippen molar-refractivity contribution in [2.24, 2.45) is 0 Å². The molecule has 1 aliphatic rings. The minimum Gasteiger partial charge on any atom is -0.489 e. The number of imide groups is 1. The van der Waals surface area contributed by atoms with E-state index in [0.29, 0.717) is 40.6 Å². The quantitative estimate of drug-likeness (QED) is 0.124. The molecule has 0 saturated carbocycles. The SMILES string of the molecule is CC1=C(C#N)C(=O)N(CCc2ccccc2)C(=O)/C1=C/c1cn(-c2ccccc2)nc1-c1ccc(OCc2ccccc2Cl)cc1. The Balaban J connectivity index is 1.36. The Hall–Kier alpha value is -5.71. The summed E-state index contributed by atoms with van der Waals surface area (Å²) in [5.74, 6) is -0.358.